The highest BCUT2D eigenvalue weighted by molar-refractivity contribution is 7.92. The number of amides is 2. The molecule has 0 aromatic heterocycles. The Kier molecular flexibility index (Phi) is 11.4. The van der Waals surface area contributed by atoms with Crippen molar-refractivity contribution in [2.24, 2.45) is 0 Å². The van der Waals surface area contributed by atoms with E-state index >= 15 is 0 Å². The van der Waals surface area contributed by atoms with Crippen molar-refractivity contribution < 1.29 is 18.0 Å². The first-order valence-corrected chi connectivity index (χ1v) is 16.5. The fourth-order valence-corrected chi connectivity index (χ4v) is 6.64. The maximum absolute atomic E-state index is 14.4. The highest BCUT2D eigenvalue weighted by Crippen LogP contribution is 2.30. The molecule has 0 aliphatic heterocycles. The Morgan fingerprint density at radius 2 is 1.32 bits per heavy atom. The van der Waals surface area contributed by atoms with Crippen LogP contribution in [0.4, 0.5) is 5.69 Å². The van der Waals surface area contributed by atoms with Gasteiger partial charge in [0.15, 0.2) is 0 Å². The summed E-state index contributed by atoms with van der Waals surface area (Å²) in [7, 11) is -4.25. The molecule has 230 valence electrons. The zero-order valence-corrected chi connectivity index (χ0v) is 26.9. The average Bonchev–Trinajstić information content (AvgIpc) is 3.02. The minimum Gasteiger partial charge on any atom is -0.352 e. The second kappa shape index (κ2) is 15.2. The number of anilines is 1. The van der Waals surface area contributed by atoms with Gasteiger partial charge in [0.05, 0.1) is 10.6 Å². The van der Waals surface area contributed by atoms with Crippen molar-refractivity contribution in [3.8, 4) is 0 Å². The second-order valence-electron chi connectivity index (χ2n) is 10.5. The van der Waals surface area contributed by atoms with Gasteiger partial charge in [0.2, 0.25) is 11.8 Å². The molecule has 0 fully saturated rings. The molecule has 4 aromatic rings. The lowest BCUT2D eigenvalue weighted by Crippen LogP contribution is -2.54. The molecule has 2 amide bonds. The number of halogens is 2. The van der Waals surface area contributed by atoms with Crippen LogP contribution < -0.4 is 9.62 Å². The van der Waals surface area contributed by atoms with Gasteiger partial charge in [-0.15, -0.1) is 0 Å². The van der Waals surface area contributed by atoms with E-state index in [2.05, 4.69) is 5.32 Å². The average molecular weight is 653 g/mol. The monoisotopic (exact) mass is 651 g/mol. The van der Waals surface area contributed by atoms with Gasteiger partial charge in [-0.25, -0.2) is 8.42 Å². The first-order chi connectivity index (χ1) is 21.1. The summed E-state index contributed by atoms with van der Waals surface area (Å²) in [5.41, 5.74) is 1.78. The van der Waals surface area contributed by atoms with Crippen LogP contribution in [0, 0.1) is 0 Å². The van der Waals surface area contributed by atoms with E-state index in [4.69, 9.17) is 23.2 Å². The zero-order valence-electron chi connectivity index (χ0n) is 24.6. The highest BCUT2D eigenvalue weighted by atomic mass is 35.5. The van der Waals surface area contributed by atoms with E-state index in [0.29, 0.717) is 6.42 Å². The molecular weight excluding hydrogens is 617 g/mol. The fraction of sp³-hybridized carbons (Fsp3) is 0.235. The van der Waals surface area contributed by atoms with Crippen LogP contribution in [0.3, 0.4) is 0 Å². The van der Waals surface area contributed by atoms with E-state index in [1.807, 2.05) is 74.5 Å². The van der Waals surface area contributed by atoms with Crippen LogP contribution in [-0.4, -0.2) is 43.8 Å². The molecule has 0 aliphatic carbocycles. The lowest BCUT2D eigenvalue weighted by molar-refractivity contribution is -0.140. The summed E-state index contributed by atoms with van der Waals surface area (Å²) in [6.45, 7) is 3.35. The van der Waals surface area contributed by atoms with Gasteiger partial charge >= 0.3 is 0 Å². The molecule has 0 spiro atoms. The van der Waals surface area contributed by atoms with E-state index in [1.54, 1.807) is 18.2 Å². The highest BCUT2D eigenvalue weighted by Gasteiger charge is 2.35. The topological polar surface area (TPSA) is 86.8 Å². The van der Waals surface area contributed by atoms with Crippen LogP contribution in [0.2, 0.25) is 10.0 Å². The van der Waals surface area contributed by atoms with Crippen molar-refractivity contribution in [2.45, 2.75) is 50.2 Å². The van der Waals surface area contributed by atoms with Gasteiger partial charge in [0.25, 0.3) is 10.0 Å². The third-order valence-electron chi connectivity index (χ3n) is 7.21. The lowest BCUT2D eigenvalue weighted by Gasteiger charge is -2.34. The maximum atomic E-state index is 14.4. The van der Waals surface area contributed by atoms with Gasteiger partial charge in [-0.2, -0.15) is 0 Å². The summed E-state index contributed by atoms with van der Waals surface area (Å²) in [6.07, 6.45) is 0.936. The zero-order chi connectivity index (χ0) is 31.7. The summed E-state index contributed by atoms with van der Waals surface area (Å²) in [4.78, 5) is 29.7. The molecule has 10 heteroatoms. The molecule has 0 saturated heterocycles. The second-order valence-corrected chi connectivity index (χ2v) is 13.2. The van der Waals surface area contributed by atoms with E-state index in [0.717, 1.165) is 15.4 Å². The Hall–Kier alpha value is -3.85. The van der Waals surface area contributed by atoms with Crippen molar-refractivity contribution in [1.82, 2.24) is 10.2 Å². The summed E-state index contributed by atoms with van der Waals surface area (Å²) in [5, 5.41) is 3.45. The molecule has 0 radical (unpaired) electrons. The number of hydrogen-bond acceptors (Lipinski definition) is 4. The molecule has 0 aliphatic rings. The van der Waals surface area contributed by atoms with Crippen LogP contribution in [0.25, 0.3) is 0 Å². The maximum Gasteiger partial charge on any atom is 0.264 e. The molecule has 4 aromatic carbocycles. The number of rotatable bonds is 13. The van der Waals surface area contributed by atoms with Crippen LogP contribution in [0.15, 0.2) is 114 Å². The minimum absolute atomic E-state index is 0.00569. The molecule has 0 heterocycles. The third kappa shape index (κ3) is 8.62. The molecular formula is C34H35Cl2N3O4S. The standard InChI is InChI=1S/C34H35Cl2N3O4S/c1-3-25(2)37-34(41)32(19-26-13-7-4-8-14-26)38(23-27-15-9-5-10-16-27)33(40)24-39(30-21-28(35)20-29(36)22-30)44(42,43)31-17-11-6-12-18-31/h4-18,20-22,25,32H,3,19,23-24H2,1-2H3,(H,37,41)/t25-,32-/m1/s1. The summed E-state index contributed by atoms with van der Waals surface area (Å²) < 4.78 is 29.1. The normalized spacial score (nSPS) is 12.6. The fourth-order valence-electron chi connectivity index (χ4n) is 4.71. The molecule has 0 bridgehead atoms. The minimum atomic E-state index is -4.25. The number of nitrogens with one attached hydrogen (secondary N) is 1. The molecule has 1 N–H and O–H groups in total. The first kappa shape index (κ1) is 33.1. The quantitative estimate of drug-likeness (QED) is 0.173. The first-order valence-electron chi connectivity index (χ1n) is 14.3. The van der Waals surface area contributed by atoms with Crippen LogP contribution >= 0.6 is 23.2 Å². The Balaban J connectivity index is 1.81. The van der Waals surface area contributed by atoms with Crippen molar-refractivity contribution in [1.29, 1.82) is 0 Å². The van der Waals surface area contributed by atoms with Gasteiger partial charge in [-0.3, -0.25) is 13.9 Å². The predicted octanol–water partition coefficient (Wildman–Crippen LogP) is 6.74. The number of hydrogen-bond donors (Lipinski definition) is 1. The number of sulfonamides is 1. The largest absolute Gasteiger partial charge is 0.352 e. The third-order valence-corrected chi connectivity index (χ3v) is 9.44. The Labute approximate surface area is 269 Å². The van der Waals surface area contributed by atoms with Gasteiger partial charge in [0, 0.05) is 29.1 Å². The molecule has 2 atom stereocenters. The van der Waals surface area contributed by atoms with E-state index in [-0.39, 0.29) is 45.5 Å². The summed E-state index contributed by atoms with van der Waals surface area (Å²) >= 11 is 12.6. The molecule has 44 heavy (non-hydrogen) atoms. The summed E-state index contributed by atoms with van der Waals surface area (Å²) in [6, 6.07) is 29.9. The lowest BCUT2D eigenvalue weighted by atomic mass is 10.0. The number of carbonyl (C=O) groups excluding carboxylic acids is 2. The van der Waals surface area contributed by atoms with Crippen molar-refractivity contribution >= 4 is 50.7 Å². The Morgan fingerprint density at radius 3 is 1.86 bits per heavy atom. The van der Waals surface area contributed by atoms with Gasteiger partial charge in [-0.05, 0) is 54.8 Å². The van der Waals surface area contributed by atoms with Crippen molar-refractivity contribution in [2.75, 3.05) is 10.8 Å². The van der Waals surface area contributed by atoms with Crippen molar-refractivity contribution in [3.05, 3.63) is 130 Å². The number of benzene rings is 4. The SMILES string of the molecule is CC[C@@H](C)NC(=O)[C@@H](Cc1ccccc1)N(Cc1ccccc1)C(=O)CN(c1cc(Cl)cc(Cl)c1)S(=O)(=O)c1ccccc1. The smallest absolute Gasteiger partial charge is 0.264 e. The van der Waals surface area contributed by atoms with Gasteiger partial charge < -0.3 is 10.2 Å². The number of nitrogens with zero attached hydrogens (tertiary/aromatic N) is 2. The summed E-state index contributed by atoms with van der Waals surface area (Å²) in [5.74, 6) is -0.888. The predicted molar refractivity (Wildman–Crippen MR) is 176 cm³/mol. The van der Waals surface area contributed by atoms with E-state index in [9.17, 15) is 18.0 Å². The van der Waals surface area contributed by atoms with Crippen molar-refractivity contribution in [3.63, 3.8) is 0 Å². The van der Waals surface area contributed by atoms with Crippen LogP contribution in [0.5, 0.6) is 0 Å². The Bertz CT molecular complexity index is 1640. The van der Waals surface area contributed by atoms with Gasteiger partial charge in [0.1, 0.15) is 12.6 Å². The van der Waals surface area contributed by atoms with Crippen LogP contribution in [0.1, 0.15) is 31.4 Å². The molecule has 0 saturated carbocycles. The van der Waals surface area contributed by atoms with E-state index in [1.165, 1.54) is 35.2 Å². The number of carbonyl (C=O) groups is 2. The van der Waals surface area contributed by atoms with Crippen LogP contribution in [-0.2, 0) is 32.6 Å². The molecule has 0 unspecified atom stereocenters. The molecule has 4 rings (SSSR count). The Morgan fingerprint density at radius 1 is 0.795 bits per heavy atom. The van der Waals surface area contributed by atoms with E-state index < -0.39 is 28.5 Å². The van der Waals surface area contributed by atoms with Gasteiger partial charge in [-0.1, -0.05) is 109 Å². The molecule has 7 nitrogen and oxygen atoms in total.